The summed E-state index contributed by atoms with van der Waals surface area (Å²) in [6.07, 6.45) is 4.03. The zero-order valence-corrected chi connectivity index (χ0v) is 9.83. The molecule has 2 heterocycles. The lowest BCUT2D eigenvalue weighted by molar-refractivity contribution is -0.115. The number of hydrogen-bond acceptors (Lipinski definition) is 4. The maximum atomic E-state index is 13.5. The number of aldehydes is 1. The van der Waals surface area contributed by atoms with Gasteiger partial charge in [-0.2, -0.15) is 0 Å². The Morgan fingerprint density at radius 3 is 2.68 bits per heavy atom. The molecule has 0 aliphatic heterocycles. The summed E-state index contributed by atoms with van der Waals surface area (Å²) in [5.41, 5.74) is -1.76. The molecule has 0 spiro atoms. The predicted octanol–water partition coefficient (Wildman–Crippen LogP) is 0.521. The van der Waals surface area contributed by atoms with Gasteiger partial charge in [-0.25, -0.2) is 18.7 Å². The van der Waals surface area contributed by atoms with Crippen molar-refractivity contribution in [3.05, 3.63) is 36.4 Å². The van der Waals surface area contributed by atoms with E-state index in [1.165, 1.54) is 24.8 Å². The maximum absolute atomic E-state index is 13.5. The summed E-state index contributed by atoms with van der Waals surface area (Å²) < 4.78 is 28.0. The highest BCUT2D eigenvalue weighted by Gasteiger charge is 2.40. The van der Waals surface area contributed by atoms with Crippen LogP contribution >= 0.6 is 0 Å². The minimum absolute atomic E-state index is 0.0508. The highest BCUT2D eigenvalue weighted by atomic mass is 19.1. The van der Waals surface area contributed by atoms with E-state index < -0.39 is 25.0 Å². The van der Waals surface area contributed by atoms with Gasteiger partial charge in [0.05, 0.1) is 0 Å². The summed E-state index contributed by atoms with van der Waals surface area (Å²) in [4.78, 5) is 20.9. The third-order valence-corrected chi connectivity index (χ3v) is 2.91. The Morgan fingerprint density at radius 1 is 1.42 bits per heavy atom. The van der Waals surface area contributed by atoms with Crippen molar-refractivity contribution in [3.8, 4) is 0 Å². The van der Waals surface area contributed by atoms with Gasteiger partial charge in [0.1, 0.15) is 25.0 Å². The topological polar surface area (TPSA) is 83.8 Å². The van der Waals surface area contributed by atoms with Crippen LogP contribution in [0.15, 0.2) is 24.8 Å². The summed E-state index contributed by atoms with van der Waals surface area (Å²) >= 11 is 0. The van der Waals surface area contributed by atoms with Gasteiger partial charge in [0.2, 0.25) is 0 Å². The molecule has 2 N–H and O–H groups in total. The lowest BCUT2D eigenvalue weighted by Crippen LogP contribution is -2.42. The Morgan fingerprint density at radius 2 is 2.16 bits per heavy atom. The van der Waals surface area contributed by atoms with Gasteiger partial charge in [-0.05, 0) is 0 Å². The molecule has 1 unspecified atom stereocenters. The Hall–Kier alpha value is -2.09. The van der Waals surface area contributed by atoms with Crippen molar-refractivity contribution in [1.29, 1.82) is 0 Å². The van der Waals surface area contributed by atoms with Crippen LogP contribution in [0.3, 0.4) is 0 Å². The smallest absolute Gasteiger partial charge is 0.167 e. The van der Waals surface area contributed by atoms with Crippen LogP contribution in [-0.2, 0) is 10.3 Å². The van der Waals surface area contributed by atoms with Gasteiger partial charge in [0, 0.05) is 24.8 Å². The summed E-state index contributed by atoms with van der Waals surface area (Å²) in [7, 11) is 0. The fourth-order valence-corrected chi connectivity index (χ4v) is 1.88. The zero-order valence-electron chi connectivity index (χ0n) is 9.83. The molecule has 0 aromatic carbocycles. The van der Waals surface area contributed by atoms with E-state index in [1.807, 2.05) is 0 Å². The maximum Gasteiger partial charge on any atom is 0.167 e. The van der Waals surface area contributed by atoms with Crippen LogP contribution in [0.1, 0.15) is 17.8 Å². The monoisotopic (exact) mass is 270 g/mol. The molecule has 2 aromatic heterocycles. The van der Waals surface area contributed by atoms with Gasteiger partial charge >= 0.3 is 0 Å². The molecule has 0 aliphatic rings. The first-order chi connectivity index (χ1) is 9.19. The molecule has 102 valence electrons. The number of carbonyl (C=O) groups excluding carboxylic acids is 1. The van der Waals surface area contributed by atoms with E-state index in [4.69, 9.17) is 0 Å². The van der Waals surface area contributed by atoms with E-state index in [1.54, 1.807) is 0 Å². The van der Waals surface area contributed by atoms with Crippen molar-refractivity contribution >= 4 is 6.29 Å². The number of aliphatic hydroxyl groups is 1. The van der Waals surface area contributed by atoms with Gasteiger partial charge in [-0.15, -0.1) is 0 Å². The fourth-order valence-electron chi connectivity index (χ4n) is 1.88. The van der Waals surface area contributed by atoms with Gasteiger partial charge in [-0.3, -0.25) is 4.79 Å². The van der Waals surface area contributed by atoms with Crippen LogP contribution in [0.25, 0.3) is 0 Å². The first kappa shape index (κ1) is 13.3. The summed E-state index contributed by atoms with van der Waals surface area (Å²) in [6.45, 7) is -2.21. The molecule has 2 rings (SSSR count). The Bertz CT molecular complexity index is 537. The van der Waals surface area contributed by atoms with Crippen molar-refractivity contribution in [2.45, 2.75) is 11.6 Å². The standard InChI is InChI=1S/C11H12F2N4O2/c12-6-11(7-13,10-15-1-2-16-10)17-4-3-14-9(17)8(19)5-18/h1-5,8,19H,6-7H2,(H,15,16). The van der Waals surface area contributed by atoms with Crippen LogP contribution in [-0.4, -0.2) is 44.3 Å². The molecule has 0 amide bonds. The molecule has 19 heavy (non-hydrogen) atoms. The van der Waals surface area contributed by atoms with Gasteiger partial charge in [-0.1, -0.05) is 0 Å². The second-order valence-electron chi connectivity index (χ2n) is 3.97. The molecular formula is C11H12F2N4O2. The Kier molecular flexibility index (Phi) is 3.70. The van der Waals surface area contributed by atoms with E-state index in [-0.39, 0.29) is 17.9 Å². The minimum atomic E-state index is -1.76. The normalized spacial score (nSPS) is 13.4. The predicted molar refractivity (Wildman–Crippen MR) is 60.9 cm³/mol. The minimum Gasteiger partial charge on any atom is -0.378 e. The fraction of sp³-hybridized carbons (Fsp3) is 0.364. The van der Waals surface area contributed by atoms with Crippen LogP contribution in [0.5, 0.6) is 0 Å². The van der Waals surface area contributed by atoms with E-state index in [0.29, 0.717) is 0 Å². The molecule has 0 saturated carbocycles. The molecule has 0 fully saturated rings. The number of aromatic nitrogens is 4. The average Bonchev–Trinajstić information content (AvgIpc) is 3.11. The number of halogens is 2. The SMILES string of the molecule is O=CC(O)c1nccn1C(CF)(CF)c1ncc[nH]1. The first-order valence-corrected chi connectivity index (χ1v) is 5.48. The van der Waals surface area contributed by atoms with Crippen molar-refractivity contribution in [3.63, 3.8) is 0 Å². The van der Waals surface area contributed by atoms with Crippen molar-refractivity contribution in [1.82, 2.24) is 19.5 Å². The number of H-pyrrole nitrogens is 1. The number of aliphatic hydroxyl groups excluding tert-OH is 1. The molecule has 1 atom stereocenters. The highest BCUT2D eigenvalue weighted by molar-refractivity contribution is 5.57. The molecule has 6 nitrogen and oxygen atoms in total. The number of imidazole rings is 2. The number of rotatable bonds is 6. The third kappa shape index (κ3) is 2.03. The number of hydrogen-bond donors (Lipinski definition) is 2. The Balaban J connectivity index is 2.58. The molecule has 0 saturated heterocycles. The van der Waals surface area contributed by atoms with E-state index in [2.05, 4.69) is 15.0 Å². The van der Waals surface area contributed by atoms with Crippen molar-refractivity contribution in [2.24, 2.45) is 0 Å². The van der Waals surface area contributed by atoms with E-state index in [9.17, 15) is 18.7 Å². The number of nitrogens with zero attached hydrogens (tertiary/aromatic N) is 3. The molecular weight excluding hydrogens is 258 g/mol. The summed E-state index contributed by atoms with van der Waals surface area (Å²) in [5.74, 6) is -0.0865. The van der Waals surface area contributed by atoms with Gasteiger partial charge < -0.3 is 14.7 Å². The van der Waals surface area contributed by atoms with Crippen LogP contribution in [0.4, 0.5) is 8.78 Å². The van der Waals surface area contributed by atoms with Crippen LogP contribution < -0.4 is 0 Å². The molecule has 0 radical (unpaired) electrons. The summed E-state index contributed by atoms with van der Waals surface area (Å²) in [6, 6.07) is 0. The average molecular weight is 270 g/mol. The second kappa shape index (κ2) is 5.27. The molecule has 0 aliphatic carbocycles. The highest BCUT2D eigenvalue weighted by Crippen LogP contribution is 2.28. The quantitative estimate of drug-likeness (QED) is 0.750. The largest absolute Gasteiger partial charge is 0.378 e. The zero-order chi connectivity index (χ0) is 13.9. The van der Waals surface area contributed by atoms with Crippen molar-refractivity contribution < 1.29 is 18.7 Å². The third-order valence-electron chi connectivity index (χ3n) is 2.91. The number of carbonyl (C=O) groups is 1. The summed E-state index contributed by atoms with van der Waals surface area (Å²) in [5, 5.41) is 9.52. The number of aromatic amines is 1. The van der Waals surface area contributed by atoms with Gasteiger partial charge in [0.25, 0.3) is 0 Å². The van der Waals surface area contributed by atoms with Crippen LogP contribution in [0.2, 0.25) is 0 Å². The molecule has 8 heteroatoms. The first-order valence-electron chi connectivity index (χ1n) is 5.48. The number of nitrogens with one attached hydrogen (secondary N) is 1. The number of alkyl halides is 2. The van der Waals surface area contributed by atoms with E-state index in [0.717, 1.165) is 4.57 Å². The van der Waals surface area contributed by atoms with Crippen molar-refractivity contribution in [2.75, 3.05) is 13.3 Å². The molecule has 0 bridgehead atoms. The lowest BCUT2D eigenvalue weighted by atomic mass is 10.0. The second-order valence-corrected chi connectivity index (χ2v) is 3.97. The molecule has 2 aromatic rings. The lowest BCUT2D eigenvalue weighted by Gasteiger charge is -2.29. The van der Waals surface area contributed by atoms with Crippen LogP contribution in [0, 0.1) is 0 Å². The van der Waals surface area contributed by atoms with E-state index >= 15 is 0 Å². The van der Waals surface area contributed by atoms with Gasteiger partial charge in [0.15, 0.2) is 17.9 Å². The Labute approximate surface area is 107 Å².